The van der Waals surface area contributed by atoms with Crippen LogP contribution in [-0.2, 0) is 22.3 Å². The third-order valence-electron chi connectivity index (χ3n) is 1.68. The van der Waals surface area contributed by atoms with Crippen LogP contribution in [0, 0.1) is 0 Å². The Morgan fingerprint density at radius 1 is 1.29 bits per heavy atom. The van der Waals surface area contributed by atoms with Gasteiger partial charge in [-0.05, 0) is 0 Å². The molecule has 1 atom stereocenters. The van der Waals surface area contributed by atoms with E-state index in [1.165, 1.54) is 7.11 Å². The molecule has 0 heterocycles. The van der Waals surface area contributed by atoms with E-state index < -0.39 is 17.2 Å². The van der Waals surface area contributed by atoms with Gasteiger partial charge in [0.15, 0.2) is 0 Å². The van der Waals surface area contributed by atoms with Crippen molar-refractivity contribution in [2.75, 3.05) is 27.4 Å². The Morgan fingerprint density at radius 3 is 2.21 bits per heavy atom. The summed E-state index contributed by atoms with van der Waals surface area (Å²) in [5.74, 6) is 0. The van der Waals surface area contributed by atoms with E-state index in [0.717, 1.165) is 6.42 Å². The summed E-state index contributed by atoms with van der Waals surface area (Å²) in [6.45, 7) is 3.01. The Kier molecular flexibility index (Phi) is 6.95. The first-order chi connectivity index (χ1) is 6.35. The van der Waals surface area contributed by atoms with Crippen LogP contribution in [0.5, 0.6) is 0 Å². The quantitative estimate of drug-likeness (QED) is 0.669. The fraction of sp³-hybridized carbons (Fsp3) is 1.00. The molecule has 1 N–H and O–H groups in total. The minimum atomic E-state index is -4.47. The summed E-state index contributed by atoms with van der Waals surface area (Å²) in [5.41, 5.74) is 0. The third kappa shape index (κ3) is 5.01. The molecule has 0 aliphatic carbocycles. The molecule has 1 unspecified atom stereocenters. The fourth-order valence-corrected chi connectivity index (χ4v) is 11.9. The van der Waals surface area contributed by atoms with Gasteiger partial charge in [-0.3, -0.25) is 0 Å². The summed E-state index contributed by atoms with van der Waals surface area (Å²) < 4.78 is 12.7. The Labute approximate surface area is 98.1 Å². The second kappa shape index (κ2) is 6.28. The van der Waals surface area contributed by atoms with E-state index in [2.05, 4.69) is 3.72 Å². The van der Waals surface area contributed by atoms with Gasteiger partial charge in [-0.1, -0.05) is 0 Å². The van der Waals surface area contributed by atoms with E-state index in [0.29, 0.717) is 13.2 Å². The predicted molar refractivity (Wildman–Crippen MR) is 58.5 cm³/mol. The standard InChI is InChI=1S/C4H9O2.C3H8N.3ClH.Ta/c1-5-3-4-6-2;1-2-3-4;;;;/h3H,4H2,1-2H3;4H,2-3H2,1H3;3*1H;/q;-1;;;;+4/p-3. The molecule has 0 amide bonds. The average molecular weight is 435 g/mol. The number of hydrogen-bond donors (Lipinski definition) is 1. The van der Waals surface area contributed by atoms with Crippen LogP contribution in [0.15, 0.2) is 0 Å². The van der Waals surface area contributed by atoms with Crippen LogP contribution in [0.2, 0.25) is 0 Å². The molecule has 88 valence electrons. The van der Waals surface area contributed by atoms with Gasteiger partial charge >= 0.3 is 98.6 Å². The van der Waals surface area contributed by atoms with Gasteiger partial charge in [0.25, 0.3) is 0 Å². The number of halogens is 3. The van der Waals surface area contributed by atoms with Crippen LogP contribution < -0.4 is 3.72 Å². The van der Waals surface area contributed by atoms with Crippen molar-refractivity contribution in [3.63, 3.8) is 0 Å². The third-order valence-corrected chi connectivity index (χ3v) is 17.4. The predicted octanol–water partition coefficient (Wildman–Crippen LogP) is 2.67. The van der Waals surface area contributed by atoms with Crippen molar-refractivity contribution < 1.29 is 22.3 Å². The van der Waals surface area contributed by atoms with Gasteiger partial charge in [-0.15, -0.1) is 0 Å². The molecule has 0 radical (unpaired) electrons. The minimum absolute atomic E-state index is 0.302. The van der Waals surface area contributed by atoms with E-state index in [9.17, 15) is 0 Å². The zero-order valence-electron chi connectivity index (χ0n) is 8.60. The summed E-state index contributed by atoms with van der Waals surface area (Å²) in [7, 11) is 21.8. The molecule has 0 spiro atoms. The van der Waals surface area contributed by atoms with Crippen LogP contribution in [0.3, 0.4) is 0 Å². The number of ether oxygens (including phenoxy) is 2. The van der Waals surface area contributed by atoms with Gasteiger partial charge in [0.1, 0.15) is 0 Å². The molecule has 0 saturated carbocycles. The van der Waals surface area contributed by atoms with Crippen molar-refractivity contribution in [3.05, 3.63) is 0 Å². The first-order valence-electron chi connectivity index (χ1n) is 4.30. The van der Waals surface area contributed by atoms with E-state index in [1.807, 2.05) is 6.92 Å². The van der Waals surface area contributed by atoms with Crippen molar-refractivity contribution in [2.24, 2.45) is 0 Å². The summed E-state index contributed by atoms with van der Waals surface area (Å²) >= 11 is -4.47. The summed E-state index contributed by atoms with van der Waals surface area (Å²) in [6, 6.07) is 0. The first kappa shape index (κ1) is 15.5. The molecular formula is C7H17Cl3NO2Ta. The van der Waals surface area contributed by atoms with Crippen LogP contribution in [0.1, 0.15) is 13.3 Å². The Morgan fingerprint density at radius 2 is 1.86 bits per heavy atom. The van der Waals surface area contributed by atoms with Gasteiger partial charge in [-0.2, -0.15) is 0 Å². The molecule has 0 aromatic heterocycles. The van der Waals surface area contributed by atoms with Crippen molar-refractivity contribution in [1.29, 1.82) is 0 Å². The van der Waals surface area contributed by atoms with Gasteiger partial charge < -0.3 is 0 Å². The van der Waals surface area contributed by atoms with Crippen molar-refractivity contribution in [3.8, 4) is 0 Å². The molecule has 0 aliphatic heterocycles. The second-order valence-corrected chi connectivity index (χ2v) is 33.9. The molecule has 0 aromatic carbocycles. The van der Waals surface area contributed by atoms with E-state index in [1.54, 1.807) is 7.11 Å². The van der Waals surface area contributed by atoms with E-state index in [4.69, 9.17) is 37.0 Å². The maximum atomic E-state index is 6.24. The Hall–Kier alpha value is 1.49. The van der Waals surface area contributed by atoms with E-state index in [-0.39, 0.29) is 0 Å². The molecule has 0 aliphatic rings. The summed E-state index contributed by atoms with van der Waals surface area (Å²) in [6.07, 6.45) is 0.917. The van der Waals surface area contributed by atoms with Crippen molar-refractivity contribution >= 4 is 27.6 Å². The normalized spacial score (nSPS) is 17.4. The number of methoxy groups -OCH3 is 2. The topological polar surface area (TPSA) is 30.5 Å². The molecule has 0 saturated heterocycles. The van der Waals surface area contributed by atoms with Crippen LogP contribution in [0.25, 0.3) is 0 Å². The zero-order chi connectivity index (χ0) is 11.3. The molecule has 14 heavy (non-hydrogen) atoms. The number of hydrogen-bond acceptors (Lipinski definition) is 3. The van der Waals surface area contributed by atoms with Crippen LogP contribution >= 0.6 is 27.6 Å². The summed E-state index contributed by atoms with van der Waals surface area (Å²) in [4.78, 5) is 0. The molecule has 0 rings (SSSR count). The summed E-state index contributed by atoms with van der Waals surface area (Å²) in [5, 5.41) is 0. The zero-order valence-corrected chi connectivity index (χ0v) is 14.1. The monoisotopic (exact) mass is 433 g/mol. The van der Waals surface area contributed by atoms with E-state index >= 15 is 0 Å². The van der Waals surface area contributed by atoms with Gasteiger partial charge in [0.05, 0.1) is 0 Å². The molecule has 0 fully saturated rings. The average Bonchev–Trinajstić information content (AvgIpc) is 2.10. The molecular weight excluding hydrogens is 417 g/mol. The first-order valence-corrected chi connectivity index (χ1v) is 19.7. The maximum absolute atomic E-state index is 6.24. The Bertz CT molecular complexity index is 174. The number of rotatable bonds is 7. The molecule has 0 aromatic rings. The van der Waals surface area contributed by atoms with Gasteiger partial charge in [-0.25, -0.2) is 0 Å². The molecule has 3 nitrogen and oxygen atoms in total. The van der Waals surface area contributed by atoms with Gasteiger partial charge in [0.2, 0.25) is 0 Å². The Balaban J connectivity index is 4.47. The van der Waals surface area contributed by atoms with Gasteiger partial charge in [0, 0.05) is 0 Å². The van der Waals surface area contributed by atoms with Crippen molar-refractivity contribution in [1.82, 2.24) is 3.72 Å². The molecule has 0 bridgehead atoms. The fourth-order valence-electron chi connectivity index (χ4n) is 0.910. The second-order valence-electron chi connectivity index (χ2n) is 2.92. The van der Waals surface area contributed by atoms with Crippen LogP contribution in [0.4, 0.5) is 0 Å². The van der Waals surface area contributed by atoms with Crippen molar-refractivity contribution in [2.45, 2.75) is 17.7 Å². The SMILES string of the molecule is CCC[NH][Ta]([Cl])([Cl])([Cl])[CH](COC)OC. The number of nitrogens with one attached hydrogen (secondary N) is 1. The van der Waals surface area contributed by atoms with Crippen LogP contribution in [-0.4, -0.2) is 31.7 Å². The molecule has 7 heteroatoms.